The van der Waals surface area contributed by atoms with Gasteiger partial charge in [0, 0.05) is 25.1 Å². The highest BCUT2D eigenvalue weighted by Crippen LogP contribution is 2.25. The smallest absolute Gasteiger partial charge is 0.0897 e. The monoisotopic (exact) mass is 277 g/mol. The van der Waals surface area contributed by atoms with Crippen molar-refractivity contribution in [1.29, 1.82) is 0 Å². The highest BCUT2D eigenvalue weighted by Gasteiger charge is 2.04. The van der Waals surface area contributed by atoms with Gasteiger partial charge in [-0.3, -0.25) is 0 Å². The van der Waals surface area contributed by atoms with E-state index in [1.54, 1.807) is 18.4 Å². The van der Waals surface area contributed by atoms with Crippen LogP contribution in [0.3, 0.4) is 0 Å². The highest BCUT2D eigenvalue weighted by molar-refractivity contribution is 7.10. The van der Waals surface area contributed by atoms with Crippen molar-refractivity contribution in [2.45, 2.75) is 12.6 Å². The Labute approximate surface area is 117 Å². The molecule has 0 amide bonds. The van der Waals surface area contributed by atoms with Crippen LogP contribution in [0.15, 0.2) is 41.8 Å². The maximum atomic E-state index is 9.53. The number of benzene rings is 1. The van der Waals surface area contributed by atoms with Crippen LogP contribution in [0.2, 0.25) is 0 Å². The molecule has 2 N–H and O–H groups in total. The summed E-state index contributed by atoms with van der Waals surface area (Å²) in [5.74, 6) is 0. The van der Waals surface area contributed by atoms with E-state index in [9.17, 15) is 5.11 Å². The van der Waals surface area contributed by atoms with Crippen LogP contribution in [0.4, 0.5) is 0 Å². The zero-order valence-electron chi connectivity index (χ0n) is 11.0. The first-order valence-electron chi connectivity index (χ1n) is 6.30. The van der Waals surface area contributed by atoms with Gasteiger partial charge in [0.1, 0.15) is 0 Å². The van der Waals surface area contributed by atoms with Crippen LogP contribution in [-0.4, -0.2) is 31.5 Å². The van der Waals surface area contributed by atoms with Crippen LogP contribution in [-0.2, 0) is 11.3 Å². The molecule has 0 aliphatic rings. The molecule has 0 saturated heterocycles. The fraction of sp³-hybridized carbons (Fsp3) is 0.333. The minimum absolute atomic E-state index is 0.368. The quantitative estimate of drug-likeness (QED) is 0.817. The van der Waals surface area contributed by atoms with Gasteiger partial charge in [0.15, 0.2) is 0 Å². The molecule has 1 heterocycles. The van der Waals surface area contributed by atoms with Gasteiger partial charge in [-0.1, -0.05) is 30.3 Å². The van der Waals surface area contributed by atoms with Gasteiger partial charge >= 0.3 is 0 Å². The van der Waals surface area contributed by atoms with Gasteiger partial charge in [-0.2, -0.15) is 0 Å². The number of rotatable bonds is 7. The highest BCUT2D eigenvalue weighted by atomic mass is 32.1. The zero-order valence-corrected chi connectivity index (χ0v) is 11.8. The molecule has 0 bridgehead atoms. The number of nitrogens with one attached hydrogen (secondary N) is 1. The largest absolute Gasteiger partial charge is 0.389 e. The van der Waals surface area contributed by atoms with Crippen molar-refractivity contribution in [3.63, 3.8) is 0 Å². The third-order valence-corrected chi connectivity index (χ3v) is 3.74. The average molecular weight is 277 g/mol. The van der Waals surface area contributed by atoms with Crippen molar-refractivity contribution in [2.24, 2.45) is 0 Å². The van der Waals surface area contributed by atoms with E-state index >= 15 is 0 Å². The molecule has 4 heteroatoms. The Balaban J connectivity index is 1.85. The maximum Gasteiger partial charge on any atom is 0.0897 e. The minimum atomic E-state index is -0.446. The van der Waals surface area contributed by atoms with Gasteiger partial charge in [-0.25, -0.2) is 0 Å². The summed E-state index contributed by atoms with van der Waals surface area (Å²) < 4.78 is 4.88. The van der Waals surface area contributed by atoms with Crippen molar-refractivity contribution >= 4 is 11.3 Å². The van der Waals surface area contributed by atoms with Crippen LogP contribution in [0.25, 0.3) is 11.1 Å². The van der Waals surface area contributed by atoms with Crippen LogP contribution in [0, 0.1) is 0 Å². The first kappa shape index (κ1) is 14.2. The second kappa shape index (κ2) is 7.40. The van der Waals surface area contributed by atoms with E-state index in [1.165, 1.54) is 16.0 Å². The lowest BCUT2D eigenvalue weighted by molar-refractivity contribution is 0.0644. The number of aliphatic hydroxyl groups is 1. The molecule has 2 aromatic rings. The van der Waals surface area contributed by atoms with E-state index in [-0.39, 0.29) is 0 Å². The number of thiophene rings is 1. The molecule has 0 radical (unpaired) electrons. The molecule has 0 spiro atoms. The van der Waals surface area contributed by atoms with Gasteiger partial charge in [0.2, 0.25) is 0 Å². The van der Waals surface area contributed by atoms with Crippen molar-refractivity contribution in [3.05, 3.63) is 46.7 Å². The molecule has 102 valence electrons. The van der Waals surface area contributed by atoms with E-state index in [0.717, 1.165) is 6.54 Å². The Morgan fingerprint density at radius 2 is 2.05 bits per heavy atom. The van der Waals surface area contributed by atoms with Crippen LogP contribution in [0.5, 0.6) is 0 Å². The molecule has 0 saturated carbocycles. The SMILES string of the molecule is COCC(O)CNCc1cc(-c2ccccc2)cs1. The minimum Gasteiger partial charge on any atom is -0.389 e. The zero-order chi connectivity index (χ0) is 13.5. The molecule has 1 aromatic heterocycles. The summed E-state index contributed by atoms with van der Waals surface area (Å²) in [6, 6.07) is 12.5. The molecular weight excluding hydrogens is 258 g/mol. The summed E-state index contributed by atoms with van der Waals surface area (Å²) in [4.78, 5) is 1.27. The average Bonchev–Trinajstić information content (AvgIpc) is 2.89. The molecule has 19 heavy (non-hydrogen) atoms. The number of aliphatic hydroxyl groups excluding tert-OH is 1. The Hall–Kier alpha value is -1.20. The van der Waals surface area contributed by atoms with Crippen molar-refractivity contribution < 1.29 is 9.84 Å². The number of hydrogen-bond acceptors (Lipinski definition) is 4. The molecular formula is C15H19NO2S. The molecule has 0 fully saturated rings. The Morgan fingerprint density at radius 1 is 1.26 bits per heavy atom. The van der Waals surface area contributed by atoms with Gasteiger partial charge in [-0.05, 0) is 22.6 Å². The van der Waals surface area contributed by atoms with E-state index in [0.29, 0.717) is 13.2 Å². The van der Waals surface area contributed by atoms with Crippen molar-refractivity contribution in [1.82, 2.24) is 5.32 Å². The molecule has 0 aliphatic carbocycles. The summed E-state index contributed by atoms with van der Waals surface area (Å²) in [7, 11) is 1.59. The molecule has 1 aromatic carbocycles. The Kier molecular flexibility index (Phi) is 5.54. The predicted octanol–water partition coefficient (Wildman–Crippen LogP) is 2.51. The topological polar surface area (TPSA) is 41.5 Å². The Morgan fingerprint density at radius 3 is 2.79 bits per heavy atom. The van der Waals surface area contributed by atoms with E-state index in [2.05, 4.69) is 28.9 Å². The summed E-state index contributed by atoms with van der Waals surface area (Å²) in [6.45, 7) is 1.69. The summed E-state index contributed by atoms with van der Waals surface area (Å²) in [5.41, 5.74) is 2.49. The van der Waals surface area contributed by atoms with Crippen molar-refractivity contribution in [3.8, 4) is 11.1 Å². The van der Waals surface area contributed by atoms with Crippen LogP contribution < -0.4 is 5.32 Å². The van der Waals surface area contributed by atoms with Gasteiger partial charge in [-0.15, -0.1) is 11.3 Å². The standard InChI is InChI=1S/C15H19NO2S/c1-18-10-14(17)8-16-9-15-7-13(11-19-15)12-5-3-2-4-6-12/h2-7,11,14,16-17H,8-10H2,1H3. The van der Waals surface area contributed by atoms with Gasteiger partial charge in [0.05, 0.1) is 12.7 Å². The Bertz CT molecular complexity index is 484. The van der Waals surface area contributed by atoms with Crippen LogP contribution in [0.1, 0.15) is 4.88 Å². The lowest BCUT2D eigenvalue weighted by Gasteiger charge is -2.09. The predicted molar refractivity (Wildman–Crippen MR) is 79.3 cm³/mol. The lowest BCUT2D eigenvalue weighted by atomic mass is 10.1. The fourth-order valence-corrected chi connectivity index (χ4v) is 2.73. The first-order valence-corrected chi connectivity index (χ1v) is 7.18. The third kappa shape index (κ3) is 4.44. The summed E-state index contributed by atoms with van der Waals surface area (Å²) in [5, 5.41) is 14.9. The second-order valence-electron chi connectivity index (χ2n) is 4.41. The molecule has 1 atom stereocenters. The fourth-order valence-electron chi connectivity index (χ4n) is 1.87. The number of methoxy groups -OCH3 is 1. The third-order valence-electron chi connectivity index (χ3n) is 2.80. The lowest BCUT2D eigenvalue weighted by Crippen LogP contribution is -2.29. The summed E-state index contributed by atoms with van der Waals surface area (Å²) >= 11 is 1.73. The molecule has 1 unspecified atom stereocenters. The molecule has 3 nitrogen and oxygen atoms in total. The summed E-state index contributed by atoms with van der Waals surface area (Å²) in [6.07, 6.45) is -0.446. The normalized spacial score (nSPS) is 12.5. The van der Waals surface area contributed by atoms with Gasteiger partial charge in [0.25, 0.3) is 0 Å². The van der Waals surface area contributed by atoms with E-state index in [4.69, 9.17) is 4.74 Å². The van der Waals surface area contributed by atoms with Crippen LogP contribution >= 0.6 is 11.3 Å². The maximum absolute atomic E-state index is 9.53. The van der Waals surface area contributed by atoms with Crippen molar-refractivity contribution in [2.75, 3.05) is 20.3 Å². The number of ether oxygens (including phenoxy) is 1. The first-order chi connectivity index (χ1) is 9.29. The molecule has 0 aliphatic heterocycles. The van der Waals surface area contributed by atoms with Gasteiger partial charge < -0.3 is 15.2 Å². The second-order valence-corrected chi connectivity index (χ2v) is 5.40. The molecule has 2 rings (SSSR count). The number of hydrogen-bond donors (Lipinski definition) is 2. The van der Waals surface area contributed by atoms with E-state index in [1.807, 2.05) is 18.2 Å². The van der Waals surface area contributed by atoms with E-state index < -0.39 is 6.10 Å².